The molecule has 1 aliphatic heterocycles. The molecule has 0 aliphatic carbocycles. The van der Waals surface area contributed by atoms with Gasteiger partial charge in [0.2, 0.25) is 0 Å². The van der Waals surface area contributed by atoms with Crippen molar-refractivity contribution in [1.82, 2.24) is 14.7 Å². The first-order valence-corrected chi connectivity index (χ1v) is 7.65. The Morgan fingerprint density at radius 1 is 0.900 bits per heavy atom. The molecule has 1 saturated heterocycles. The Hall–Kier alpha value is -0.200. The average Bonchev–Trinajstić information content (AvgIpc) is 2.37. The molecule has 2 N–H and O–H groups in total. The van der Waals surface area contributed by atoms with Crippen LogP contribution in [0.3, 0.4) is 0 Å². The van der Waals surface area contributed by atoms with Crippen LogP contribution >= 0.6 is 0 Å². The maximum atomic E-state index is 9.27. The third-order valence-corrected chi connectivity index (χ3v) is 4.56. The molecule has 20 heavy (non-hydrogen) atoms. The second-order valence-corrected chi connectivity index (χ2v) is 7.38. The van der Waals surface area contributed by atoms with Gasteiger partial charge in [-0.25, -0.2) is 0 Å². The number of aliphatic hydroxyl groups excluding tert-OH is 2. The minimum absolute atomic E-state index is 0.0959. The molecule has 1 rings (SSSR count). The number of nitrogens with zero attached hydrogens (tertiary/aromatic N) is 3. The van der Waals surface area contributed by atoms with Crippen LogP contribution in [0.5, 0.6) is 0 Å². The molecule has 1 fully saturated rings. The Kier molecular flexibility index (Phi) is 6.41. The van der Waals surface area contributed by atoms with Gasteiger partial charge in [0.05, 0.1) is 13.5 Å². The molecule has 0 unspecified atom stereocenters. The van der Waals surface area contributed by atoms with Crippen molar-refractivity contribution >= 4 is 0 Å². The quantitative estimate of drug-likeness (QED) is 0.707. The summed E-state index contributed by atoms with van der Waals surface area (Å²) in [6, 6.07) is 0. The Morgan fingerprint density at radius 3 is 1.80 bits per heavy atom. The normalized spacial score (nSPS) is 19.8. The number of piperazine rings is 1. The minimum atomic E-state index is -0.176. The Bertz CT molecular complexity index is 277. The molecular weight excluding hydrogens is 254 g/mol. The highest BCUT2D eigenvalue weighted by molar-refractivity contribution is 4.84. The lowest BCUT2D eigenvalue weighted by molar-refractivity contribution is -0.0458. The van der Waals surface area contributed by atoms with Crippen molar-refractivity contribution < 1.29 is 10.2 Å². The van der Waals surface area contributed by atoms with Gasteiger partial charge in [0.15, 0.2) is 0 Å². The van der Waals surface area contributed by atoms with Crippen LogP contribution in [0.25, 0.3) is 0 Å². The summed E-state index contributed by atoms with van der Waals surface area (Å²) in [5.74, 6) is 0. The lowest BCUT2D eigenvalue weighted by Gasteiger charge is -2.43. The maximum Gasteiger partial charge on any atom is 0.0978 e. The zero-order valence-corrected chi connectivity index (χ0v) is 13.9. The molecule has 5 nitrogen and oxygen atoms in total. The predicted molar refractivity (Wildman–Crippen MR) is 82.5 cm³/mol. The van der Waals surface area contributed by atoms with Crippen molar-refractivity contribution in [2.45, 2.75) is 52.1 Å². The lowest BCUT2D eigenvalue weighted by Crippen LogP contribution is -2.54. The van der Waals surface area contributed by atoms with E-state index in [0.717, 1.165) is 39.1 Å². The summed E-state index contributed by atoms with van der Waals surface area (Å²) in [5, 5.41) is 18.5. The molecule has 0 aromatic heterocycles. The van der Waals surface area contributed by atoms with Crippen LogP contribution in [0.15, 0.2) is 0 Å². The SMILES string of the molecule is CC(C)(C)N1CCN(CCC(C)(C)N(CO)CO)CC1. The maximum absolute atomic E-state index is 9.27. The number of hydrogen-bond acceptors (Lipinski definition) is 5. The zero-order chi connectivity index (χ0) is 15.4. The molecule has 1 heterocycles. The monoisotopic (exact) mass is 287 g/mol. The number of hydrogen-bond donors (Lipinski definition) is 2. The standard InChI is InChI=1S/C15H33N3O2/c1-14(2,3)17-10-8-16(9-11-17)7-6-15(4,5)18(12-19)13-20/h19-20H,6-13H2,1-5H3. The first-order chi connectivity index (χ1) is 9.20. The van der Waals surface area contributed by atoms with Crippen molar-refractivity contribution in [3.05, 3.63) is 0 Å². The van der Waals surface area contributed by atoms with E-state index in [1.54, 1.807) is 4.90 Å². The fourth-order valence-electron chi connectivity index (χ4n) is 2.66. The van der Waals surface area contributed by atoms with Crippen molar-refractivity contribution in [3.8, 4) is 0 Å². The third kappa shape index (κ3) is 4.97. The van der Waals surface area contributed by atoms with E-state index in [1.165, 1.54) is 0 Å². The molecule has 0 spiro atoms. The van der Waals surface area contributed by atoms with E-state index in [2.05, 4.69) is 44.4 Å². The fraction of sp³-hybridized carbons (Fsp3) is 1.00. The Balaban J connectivity index is 2.38. The smallest absolute Gasteiger partial charge is 0.0978 e. The van der Waals surface area contributed by atoms with E-state index >= 15 is 0 Å². The van der Waals surface area contributed by atoms with Gasteiger partial charge in [-0.2, -0.15) is 0 Å². The Morgan fingerprint density at radius 2 is 1.40 bits per heavy atom. The van der Waals surface area contributed by atoms with Crippen LogP contribution in [-0.4, -0.2) is 82.2 Å². The molecule has 0 amide bonds. The summed E-state index contributed by atoms with van der Waals surface area (Å²) in [7, 11) is 0. The fourth-order valence-corrected chi connectivity index (χ4v) is 2.66. The van der Waals surface area contributed by atoms with Gasteiger partial charge in [0.25, 0.3) is 0 Å². The van der Waals surface area contributed by atoms with E-state index in [1.807, 2.05) is 0 Å². The highest BCUT2D eigenvalue weighted by atomic mass is 16.3. The molecule has 0 bridgehead atoms. The van der Waals surface area contributed by atoms with Crippen LogP contribution in [-0.2, 0) is 0 Å². The van der Waals surface area contributed by atoms with Crippen LogP contribution in [0.4, 0.5) is 0 Å². The summed E-state index contributed by atoms with van der Waals surface area (Å²) in [6.07, 6.45) is 0.948. The zero-order valence-electron chi connectivity index (χ0n) is 13.9. The van der Waals surface area contributed by atoms with E-state index in [0.29, 0.717) is 0 Å². The molecule has 120 valence electrons. The third-order valence-electron chi connectivity index (χ3n) is 4.56. The van der Waals surface area contributed by atoms with Gasteiger partial charge in [0, 0.05) is 37.3 Å². The first kappa shape index (κ1) is 17.9. The van der Waals surface area contributed by atoms with E-state index < -0.39 is 0 Å². The molecule has 5 heteroatoms. The second-order valence-electron chi connectivity index (χ2n) is 7.38. The predicted octanol–water partition coefficient (Wildman–Crippen LogP) is 0.773. The van der Waals surface area contributed by atoms with Gasteiger partial charge in [-0.3, -0.25) is 9.80 Å². The first-order valence-electron chi connectivity index (χ1n) is 7.65. The van der Waals surface area contributed by atoms with E-state index in [4.69, 9.17) is 0 Å². The average molecular weight is 287 g/mol. The van der Waals surface area contributed by atoms with E-state index in [-0.39, 0.29) is 24.5 Å². The van der Waals surface area contributed by atoms with Gasteiger partial charge >= 0.3 is 0 Å². The van der Waals surface area contributed by atoms with Crippen LogP contribution in [0.1, 0.15) is 41.0 Å². The highest BCUT2D eigenvalue weighted by Crippen LogP contribution is 2.20. The van der Waals surface area contributed by atoms with Crippen LogP contribution in [0, 0.1) is 0 Å². The summed E-state index contributed by atoms with van der Waals surface area (Å²) < 4.78 is 0. The molecule has 0 aromatic carbocycles. The molecule has 0 aromatic rings. The summed E-state index contributed by atoms with van der Waals surface area (Å²) in [6.45, 7) is 16.2. The van der Waals surface area contributed by atoms with Crippen LogP contribution < -0.4 is 0 Å². The summed E-state index contributed by atoms with van der Waals surface area (Å²) >= 11 is 0. The number of aliphatic hydroxyl groups is 2. The van der Waals surface area contributed by atoms with Gasteiger partial charge in [-0.1, -0.05) is 0 Å². The van der Waals surface area contributed by atoms with Crippen molar-refractivity contribution in [1.29, 1.82) is 0 Å². The summed E-state index contributed by atoms with van der Waals surface area (Å²) in [4.78, 5) is 6.71. The Labute approximate surface area is 124 Å². The molecule has 0 atom stereocenters. The molecule has 0 saturated carbocycles. The van der Waals surface area contributed by atoms with Gasteiger partial charge in [0.1, 0.15) is 0 Å². The van der Waals surface area contributed by atoms with Crippen LogP contribution in [0.2, 0.25) is 0 Å². The van der Waals surface area contributed by atoms with Crippen molar-refractivity contribution in [3.63, 3.8) is 0 Å². The van der Waals surface area contributed by atoms with Crippen molar-refractivity contribution in [2.75, 3.05) is 46.2 Å². The molecule has 0 radical (unpaired) electrons. The lowest BCUT2D eigenvalue weighted by atomic mass is 9.98. The second kappa shape index (κ2) is 7.18. The summed E-state index contributed by atoms with van der Waals surface area (Å²) in [5.41, 5.74) is 0.0839. The van der Waals surface area contributed by atoms with Gasteiger partial charge in [-0.15, -0.1) is 0 Å². The van der Waals surface area contributed by atoms with Gasteiger partial charge < -0.3 is 15.1 Å². The van der Waals surface area contributed by atoms with Gasteiger partial charge in [-0.05, 0) is 47.6 Å². The van der Waals surface area contributed by atoms with E-state index in [9.17, 15) is 10.2 Å². The minimum Gasteiger partial charge on any atom is -0.381 e. The van der Waals surface area contributed by atoms with Crippen molar-refractivity contribution in [2.24, 2.45) is 0 Å². The largest absolute Gasteiger partial charge is 0.381 e. The number of rotatable bonds is 6. The molecular formula is C15H33N3O2. The molecule has 1 aliphatic rings. The topological polar surface area (TPSA) is 50.2 Å². The highest BCUT2D eigenvalue weighted by Gasteiger charge is 2.29.